The summed E-state index contributed by atoms with van der Waals surface area (Å²) < 4.78 is 50.8. The molecule has 0 aliphatic carbocycles. The van der Waals surface area contributed by atoms with Gasteiger partial charge in [0.2, 0.25) is 0 Å². The topological polar surface area (TPSA) is 270 Å². The number of phosphoric acid groups is 3. The molecule has 2 heterocycles. The number of nitrogens with two attached hydrogens (primary N) is 1. The summed E-state index contributed by atoms with van der Waals surface area (Å²) in [6.45, 7) is -1.02. The first kappa shape index (κ1) is 24.2. The van der Waals surface area contributed by atoms with Crippen LogP contribution in [-0.4, -0.2) is 64.3 Å². The van der Waals surface area contributed by atoms with Gasteiger partial charge in [-0.3, -0.25) is 9.09 Å². The summed E-state index contributed by atoms with van der Waals surface area (Å²) in [6, 6.07) is 1.20. The molecule has 0 saturated carbocycles. The van der Waals surface area contributed by atoms with Crippen molar-refractivity contribution in [2.75, 3.05) is 12.3 Å². The van der Waals surface area contributed by atoms with Gasteiger partial charge in [0.15, 0.2) is 6.23 Å². The van der Waals surface area contributed by atoms with Gasteiger partial charge in [-0.2, -0.15) is 13.6 Å². The molecule has 0 aromatic carbocycles. The number of rotatable bonds is 8. The second-order valence-corrected chi connectivity index (χ2v) is 9.90. The highest BCUT2D eigenvalue weighted by atomic mass is 32.2. The van der Waals surface area contributed by atoms with E-state index in [1.54, 1.807) is 0 Å². The van der Waals surface area contributed by atoms with Crippen LogP contribution in [0, 0.1) is 0 Å². The van der Waals surface area contributed by atoms with Gasteiger partial charge in [0.1, 0.15) is 24.1 Å². The van der Waals surface area contributed by atoms with Gasteiger partial charge in [-0.05, 0) is 6.07 Å². The molecule has 1 fully saturated rings. The molecule has 0 amide bonds. The predicted molar refractivity (Wildman–Crippen MR) is 88.6 cm³/mol. The van der Waals surface area contributed by atoms with Crippen molar-refractivity contribution >= 4 is 29.3 Å². The van der Waals surface area contributed by atoms with Crippen molar-refractivity contribution in [3.05, 3.63) is 22.7 Å². The molecule has 0 spiro atoms. The summed E-state index contributed by atoms with van der Waals surface area (Å²) in [7, 11) is -16.7. The lowest BCUT2D eigenvalue weighted by Gasteiger charge is -2.19. The normalized spacial score (nSPS) is 29.3. The fraction of sp³-hybridized carbons (Fsp3) is 0.556. The number of nitrogens with zero attached hydrogens (tertiary/aromatic N) is 2. The van der Waals surface area contributed by atoms with Crippen molar-refractivity contribution in [1.29, 1.82) is 0 Å². The van der Waals surface area contributed by atoms with Crippen molar-refractivity contribution in [2.24, 2.45) is 0 Å². The molecule has 2 rings (SSSR count). The first-order chi connectivity index (χ1) is 13.1. The zero-order chi connectivity index (χ0) is 22.2. The summed E-state index contributed by atoms with van der Waals surface area (Å²) in [6.07, 6.45) is -5.38. The Balaban J connectivity index is 2.05. The van der Waals surface area contributed by atoms with Crippen LogP contribution in [0.25, 0.3) is 0 Å². The van der Waals surface area contributed by atoms with Crippen LogP contribution in [-0.2, 0) is 31.6 Å². The Kier molecular flexibility index (Phi) is 7.20. The van der Waals surface area contributed by atoms with Gasteiger partial charge in [0.25, 0.3) is 0 Å². The van der Waals surface area contributed by atoms with Gasteiger partial charge < -0.3 is 40.3 Å². The lowest BCUT2D eigenvalue weighted by atomic mass is 10.1. The van der Waals surface area contributed by atoms with Crippen LogP contribution in [0.3, 0.4) is 0 Å². The highest BCUT2D eigenvalue weighted by Crippen LogP contribution is 2.66. The van der Waals surface area contributed by atoms with Gasteiger partial charge in [0, 0.05) is 6.20 Å². The molecule has 1 aromatic heterocycles. The second kappa shape index (κ2) is 8.61. The largest absolute Gasteiger partial charge is 0.490 e. The Bertz CT molecular complexity index is 946. The minimum Gasteiger partial charge on any atom is -0.387 e. The van der Waals surface area contributed by atoms with E-state index in [0.717, 1.165) is 10.8 Å². The summed E-state index contributed by atoms with van der Waals surface area (Å²) in [5.74, 6) is -0.122. The summed E-state index contributed by atoms with van der Waals surface area (Å²) in [4.78, 5) is 50.5. The van der Waals surface area contributed by atoms with Crippen LogP contribution in [0.1, 0.15) is 6.23 Å². The van der Waals surface area contributed by atoms with Crippen LogP contribution < -0.4 is 11.4 Å². The quantitative estimate of drug-likeness (QED) is 0.193. The van der Waals surface area contributed by atoms with E-state index in [0.29, 0.717) is 0 Å². The molecule has 17 nitrogen and oxygen atoms in total. The van der Waals surface area contributed by atoms with E-state index < -0.39 is 60.3 Å². The molecule has 2 unspecified atom stereocenters. The average molecular weight is 484 g/mol. The lowest BCUT2D eigenvalue weighted by molar-refractivity contribution is -0.0541. The predicted octanol–water partition coefficient (Wildman–Crippen LogP) is -2.21. The minimum absolute atomic E-state index is 0.122. The Morgan fingerprint density at radius 3 is 2.28 bits per heavy atom. The number of aromatic nitrogens is 2. The molecular formula is C9H16N3O14P3. The van der Waals surface area contributed by atoms with Crippen molar-refractivity contribution in [3.8, 4) is 0 Å². The van der Waals surface area contributed by atoms with Crippen LogP contribution in [0.4, 0.5) is 5.82 Å². The Labute approximate surface area is 160 Å². The maximum absolute atomic E-state index is 11.8. The van der Waals surface area contributed by atoms with Gasteiger partial charge >= 0.3 is 29.2 Å². The first-order valence-corrected chi connectivity index (χ1v) is 11.8. The number of nitrogen functional groups attached to an aromatic ring is 1. The van der Waals surface area contributed by atoms with Crippen LogP contribution in [0.5, 0.6) is 0 Å². The third-order valence-corrected chi connectivity index (χ3v) is 7.08. The summed E-state index contributed by atoms with van der Waals surface area (Å²) in [5, 5.41) is 20.0. The molecule has 1 aliphatic rings. The smallest absolute Gasteiger partial charge is 0.387 e. The SMILES string of the molecule is Nc1ccn([C@@H]2O[C@H](CO[32P](=O)(O)OP(=O)(O)OP(=O)(O)O)[C@@H](O)[C@H]2O)c(=O)n1. The first-order valence-electron chi connectivity index (χ1n) is 7.25. The fourth-order valence-electron chi connectivity index (χ4n) is 2.19. The van der Waals surface area contributed by atoms with E-state index >= 15 is 0 Å². The molecule has 0 radical (unpaired) electrons. The Hall–Kier alpha value is -1.03. The second-order valence-electron chi connectivity index (χ2n) is 5.48. The number of phosphoric ester groups is 1. The maximum atomic E-state index is 11.8. The molecule has 20 heteroatoms. The van der Waals surface area contributed by atoms with Crippen LogP contribution >= 0.6 is 23.5 Å². The highest BCUT2D eigenvalue weighted by molar-refractivity contribution is 7.66. The minimum atomic E-state index is -5.71. The van der Waals surface area contributed by atoms with E-state index in [-0.39, 0.29) is 5.82 Å². The highest BCUT2D eigenvalue weighted by Gasteiger charge is 2.46. The number of hydrogen-bond donors (Lipinski definition) is 7. The molecule has 1 aliphatic heterocycles. The number of ether oxygens (including phenoxy) is 1. The van der Waals surface area contributed by atoms with E-state index in [1.165, 1.54) is 6.07 Å². The number of anilines is 1. The third kappa shape index (κ3) is 6.73. The molecule has 1 aromatic rings. The molecule has 8 N–H and O–H groups in total. The molecule has 29 heavy (non-hydrogen) atoms. The van der Waals surface area contributed by atoms with E-state index in [1.807, 2.05) is 0 Å². The Morgan fingerprint density at radius 2 is 1.72 bits per heavy atom. The van der Waals surface area contributed by atoms with E-state index in [9.17, 15) is 33.6 Å². The molecule has 1 saturated heterocycles. The number of aliphatic hydroxyl groups is 2. The monoisotopic (exact) mass is 484 g/mol. The maximum Gasteiger partial charge on any atom is 0.490 e. The lowest BCUT2D eigenvalue weighted by Crippen LogP contribution is -2.36. The van der Waals surface area contributed by atoms with Gasteiger partial charge in [0.05, 0.1) is 6.61 Å². The Morgan fingerprint density at radius 1 is 1.10 bits per heavy atom. The van der Waals surface area contributed by atoms with E-state index in [4.69, 9.17) is 25.2 Å². The number of aliphatic hydroxyl groups excluding tert-OH is 2. The fourth-order valence-corrected chi connectivity index (χ4v) is 5.22. The van der Waals surface area contributed by atoms with Crippen molar-refractivity contribution in [2.45, 2.75) is 24.5 Å². The molecule has 166 valence electrons. The summed E-state index contributed by atoms with van der Waals surface area (Å²) >= 11 is 0. The van der Waals surface area contributed by atoms with Crippen molar-refractivity contribution < 1.29 is 61.4 Å². The third-order valence-electron chi connectivity index (χ3n) is 3.28. The van der Waals surface area contributed by atoms with Crippen LogP contribution in [0.15, 0.2) is 17.1 Å². The molecular weight excluding hydrogens is 468 g/mol. The summed E-state index contributed by atoms with van der Waals surface area (Å²) in [5.41, 5.74) is 4.39. The van der Waals surface area contributed by atoms with Gasteiger partial charge in [-0.1, -0.05) is 0 Å². The van der Waals surface area contributed by atoms with Crippen LogP contribution in [0.2, 0.25) is 0 Å². The molecule has 0 bridgehead atoms. The van der Waals surface area contributed by atoms with Gasteiger partial charge in [-0.25, -0.2) is 18.5 Å². The van der Waals surface area contributed by atoms with Crippen molar-refractivity contribution in [3.63, 3.8) is 0 Å². The average Bonchev–Trinajstić information content (AvgIpc) is 2.78. The van der Waals surface area contributed by atoms with E-state index in [2.05, 4.69) is 18.1 Å². The zero-order valence-corrected chi connectivity index (χ0v) is 16.6. The molecule has 6 atom stereocenters. The standard InChI is InChI=1S/C9H16N3O14P3/c10-5-1-2-12(9(15)11-5)8-7(14)6(13)4(24-8)3-23-28(19,20)26-29(21,22)25-27(16,17)18/h1-2,4,6-8,13-14H,3H2,(H,19,20)(H,21,22)(H2,10,11,15)(H2,16,17,18)/t4-,6-,7-,8-/m1/s1/i28+1. The van der Waals surface area contributed by atoms with Crippen molar-refractivity contribution in [1.82, 2.24) is 9.55 Å². The number of hydrogen-bond acceptors (Lipinski definition) is 12. The van der Waals surface area contributed by atoms with Gasteiger partial charge in [-0.15, -0.1) is 0 Å². The zero-order valence-electron chi connectivity index (χ0n) is 13.9.